The zero-order valence-corrected chi connectivity index (χ0v) is 17.9. The van der Waals surface area contributed by atoms with E-state index in [4.69, 9.17) is 20.9 Å². The van der Waals surface area contributed by atoms with Crippen LogP contribution in [0.4, 0.5) is 0 Å². The number of benzene rings is 1. The number of nitrogens with zero attached hydrogens (tertiary/aromatic N) is 1. The van der Waals surface area contributed by atoms with E-state index in [1.165, 1.54) is 12.8 Å². The second kappa shape index (κ2) is 9.39. The van der Waals surface area contributed by atoms with Gasteiger partial charge in [0, 0.05) is 16.5 Å². The summed E-state index contributed by atoms with van der Waals surface area (Å²) in [6.07, 6.45) is 5.53. The standard InChI is InChI=1S/C20H23N3OS3/c1-3-4-5-10-24-14-8-6-13(7-9-14)16-12-26-19(23-16)15-11-17(18(21)22)27-20(15)25-2/h6-9,11-12H,3-5,10H2,1-2H3,(H3,21,22). The lowest BCUT2D eigenvalue weighted by Gasteiger charge is -2.06. The zero-order valence-electron chi connectivity index (χ0n) is 15.5. The average molecular weight is 418 g/mol. The van der Waals surface area contributed by atoms with E-state index < -0.39 is 0 Å². The van der Waals surface area contributed by atoms with E-state index in [0.29, 0.717) is 0 Å². The maximum Gasteiger partial charge on any atom is 0.133 e. The summed E-state index contributed by atoms with van der Waals surface area (Å²) in [5.41, 5.74) is 8.74. The third-order valence-corrected chi connectivity index (χ3v) is 7.23. The van der Waals surface area contributed by atoms with Crippen LogP contribution in [-0.2, 0) is 0 Å². The highest BCUT2D eigenvalue weighted by atomic mass is 32.2. The summed E-state index contributed by atoms with van der Waals surface area (Å²) in [6.45, 7) is 2.96. The quantitative estimate of drug-likeness (QED) is 0.191. The smallest absolute Gasteiger partial charge is 0.133 e. The highest BCUT2D eigenvalue weighted by Crippen LogP contribution is 2.40. The van der Waals surface area contributed by atoms with Gasteiger partial charge in [-0.15, -0.1) is 34.4 Å². The molecule has 2 aromatic heterocycles. The molecule has 0 saturated carbocycles. The summed E-state index contributed by atoms with van der Waals surface area (Å²) in [6, 6.07) is 10.1. The molecule has 0 spiro atoms. The lowest BCUT2D eigenvalue weighted by atomic mass is 10.1. The van der Waals surface area contributed by atoms with Crippen LogP contribution in [0.25, 0.3) is 21.8 Å². The van der Waals surface area contributed by atoms with Crippen molar-refractivity contribution in [3.63, 3.8) is 0 Å². The Morgan fingerprint density at radius 1 is 1.26 bits per heavy atom. The molecule has 0 saturated heterocycles. The minimum Gasteiger partial charge on any atom is -0.494 e. The zero-order chi connectivity index (χ0) is 19.2. The van der Waals surface area contributed by atoms with Crippen LogP contribution in [0.2, 0.25) is 0 Å². The molecule has 3 aromatic rings. The first kappa shape index (κ1) is 19.9. The van der Waals surface area contributed by atoms with Crippen LogP contribution in [0.1, 0.15) is 31.1 Å². The molecular formula is C20H23N3OS3. The molecule has 142 valence electrons. The molecular weight excluding hydrogens is 394 g/mol. The van der Waals surface area contributed by atoms with Crippen LogP contribution in [0, 0.1) is 5.41 Å². The van der Waals surface area contributed by atoms with Crippen molar-refractivity contribution in [2.45, 2.75) is 30.4 Å². The van der Waals surface area contributed by atoms with Gasteiger partial charge in [0.05, 0.1) is 21.4 Å². The van der Waals surface area contributed by atoms with E-state index in [1.807, 2.05) is 24.5 Å². The van der Waals surface area contributed by atoms with E-state index in [1.54, 1.807) is 34.4 Å². The number of nitrogen functional groups attached to an aromatic ring is 1. The molecule has 0 fully saturated rings. The van der Waals surface area contributed by atoms with Crippen molar-refractivity contribution in [2.75, 3.05) is 12.9 Å². The first-order valence-corrected chi connectivity index (χ1v) is 11.8. The first-order chi connectivity index (χ1) is 13.1. The first-order valence-electron chi connectivity index (χ1n) is 8.83. The predicted molar refractivity (Wildman–Crippen MR) is 119 cm³/mol. The number of hydrogen-bond donors (Lipinski definition) is 2. The Bertz CT molecular complexity index is 900. The lowest BCUT2D eigenvalue weighted by molar-refractivity contribution is 0.306. The molecule has 3 rings (SSSR count). The van der Waals surface area contributed by atoms with Gasteiger partial charge in [-0.25, -0.2) is 4.98 Å². The van der Waals surface area contributed by atoms with Gasteiger partial charge in [-0.2, -0.15) is 0 Å². The van der Waals surface area contributed by atoms with Gasteiger partial charge < -0.3 is 10.5 Å². The van der Waals surface area contributed by atoms with Gasteiger partial charge in [0.25, 0.3) is 0 Å². The summed E-state index contributed by atoms with van der Waals surface area (Å²) < 4.78 is 6.91. The fourth-order valence-electron chi connectivity index (χ4n) is 2.60. The minimum absolute atomic E-state index is 0.104. The number of nitrogens with two attached hydrogens (primary N) is 1. The number of hydrogen-bond acceptors (Lipinski definition) is 6. The molecule has 0 aliphatic heterocycles. The number of nitrogens with one attached hydrogen (secondary N) is 1. The van der Waals surface area contributed by atoms with Crippen molar-refractivity contribution in [1.82, 2.24) is 4.98 Å². The molecule has 1 aromatic carbocycles. The van der Waals surface area contributed by atoms with Crippen molar-refractivity contribution in [3.8, 4) is 27.6 Å². The monoisotopic (exact) mass is 417 g/mol. The van der Waals surface area contributed by atoms with Crippen molar-refractivity contribution in [2.24, 2.45) is 5.73 Å². The maximum atomic E-state index is 7.66. The number of thiazole rings is 1. The van der Waals surface area contributed by atoms with Crippen molar-refractivity contribution in [1.29, 1.82) is 5.41 Å². The Labute approximate surface area is 172 Å². The normalized spacial score (nSPS) is 10.9. The molecule has 0 aliphatic rings. The molecule has 0 unspecified atom stereocenters. The van der Waals surface area contributed by atoms with E-state index in [2.05, 4.69) is 24.4 Å². The molecule has 0 amide bonds. The van der Waals surface area contributed by atoms with Crippen LogP contribution in [-0.4, -0.2) is 23.7 Å². The number of rotatable bonds is 9. The SMILES string of the molecule is CCCCCOc1ccc(-c2csc(-c3cc(C(=N)N)sc3SC)n2)cc1. The summed E-state index contributed by atoms with van der Waals surface area (Å²) >= 11 is 4.82. The number of thioether (sulfide) groups is 1. The summed E-state index contributed by atoms with van der Waals surface area (Å²) in [5, 5.41) is 10.7. The molecule has 4 nitrogen and oxygen atoms in total. The molecule has 0 atom stereocenters. The Balaban J connectivity index is 1.75. The lowest BCUT2D eigenvalue weighted by Crippen LogP contribution is -2.08. The second-order valence-corrected chi connectivity index (χ2v) is 9.03. The molecule has 0 aliphatic carbocycles. The Morgan fingerprint density at radius 3 is 2.70 bits per heavy atom. The molecule has 0 radical (unpaired) electrons. The molecule has 3 N–H and O–H groups in total. The van der Waals surface area contributed by atoms with Crippen molar-refractivity contribution < 1.29 is 4.74 Å². The van der Waals surface area contributed by atoms with E-state index in [-0.39, 0.29) is 5.84 Å². The van der Waals surface area contributed by atoms with Gasteiger partial charge in [-0.1, -0.05) is 19.8 Å². The highest BCUT2D eigenvalue weighted by Gasteiger charge is 2.15. The maximum absolute atomic E-state index is 7.66. The van der Waals surface area contributed by atoms with Gasteiger partial charge in [-0.05, 0) is 43.0 Å². The van der Waals surface area contributed by atoms with Gasteiger partial charge in [-0.3, -0.25) is 5.41 Å². The van der Waals surface area contributed by atoms with E-state index in [9.17, 15) is 0 Å². The highest BCUT2D eigenvalue weighted by molar-refractivity contribution is 8.00. The van der Waals surface area contributed by atoms with Gasteiger partial charge in [0.1, 0.15) is 16.6 Å². The Hall–Kier alpha value is -1.83. The fourth-order valence-corrected chi connectivity index (χ4v) is 5.31. The van der Waals surface area contributed by atoms with Gasteiger partial charge >= 0.3 is 0 Å². The molecule has 0 bridgehead atoms. The summed E-state index contributed by atoms with van der Waals surface area (Å²) in [7, 11) is 0. The minimum atomic E-state index is 0.104. The van der Waals surface area contributed by atoms with Gasteiger partial charge in [0.15, 0.2) is 0 Å². The third-order valence-electron chi connectivity index (χ3n) is 4.05. The Morgan fingerprint density at radius 2 is 2.04 bits per heavy atom. The van der Waals surface area contributed by atoms with Crippen LogP contribution in [0.15, 0.2) is 39.9 Å². The molecule has 2 heterocycles. The molecule has 27 heavy (non-hydrogen) atoms. The fraction of sp³-hybridized carbons (Fsp3) is 0.300. The van der Waals surface area contributed by atoms with E-state index in [0.717, 1.165) is 49.7 Å². The van der Waals surface area contributed by atoms with Crippen LogP contribution < -0.4 is 10.5 Å². The second-order valence-electron chi connectivity index (χ2n) is 6.05. The number of unbranched alkanes of at least 4 members (excludes halogenated alkanes) is 2. The van der Waals surface area contributed by atoms with Crippen molar-refractivity contribution >= 4 is 40.3 Å². The number of thiophene rings is 1. The topological polar surface area (TPSA) is 72.0 Å². The van der Waals surface area contributed by atoms with Gasteiger partial charge in [0.2, 0.25) is 0 Å². The number of amidine groups is 1. The summed E-state index contributed by atoms with van der Waals surface area (Å²) in [5.74, 6) is 1.01. The van der Waals surface area contributed by atoms with Crippen molar-refractivity contribution in [3.05, 3.63) is 40.6 Å². The van der Waals surface area contributed by atoms with E-state index >= 15 is 0 Å². The number of aromatic nitrogens is 1. The summed E-state index contributed by atoms with van der Waals surface area (Å²) in [4.78, 5) is 5.60. The predicted octanol–water partition coefficient (Wildman–Crippen LogP) is 6.11. The average Bonchev–Trinajstić information content (AvgIpc) is 3.32. The third kappa shape index (κ3) is 4.91. The molecule has 7 heteroatoms. The van der Waals surface area contributed by atoms with Crippen LogP contribution in [0.5, 0.6) is 5.75 Å². The Kier molecular flexibility index (Phi) is 6.93. The van der Waals surface area contributed by atoms with Crippen LogP contribution in [0.3, 0.4) is 0 Å². The largest absolute Gasteiger partial charge is 0.494 e. The van der Waals surface area contributed by atoms with Crippen LogP contribution >= 0.6 is 34.4 Å². The number of ether oxygens (including phenoxy) is 1.